The third kappa shape index (κ3) is 4.68. The van der Waals surface area contributed by atoms with Crippen molar-refractivity contribution < 1.29 is 9.72 Å². The molecule has 0 aliphatic rings. The van der Waals surface area contributed by atoms with Gasteiger partial charge in [-0.25, -0.2) is 0 Å². The number of carbonyl (C=O) groups is 1. The molecule has 0 saturated heterocycles. The second-order valence-corrected chi connectivity index (χ2v) is 3.70. The van der Waals surface area contributed by atoms with Crippen LogP contribution in [0.25, 0.3) is 0 Å². The molecular formula is C11H16ClN3O3. The van der Waals surface area contributed by atoms with Crippen LogP contribution in [0, 0.1) is 17.0 Å². The highest BCUT2D eigenvalue weighted by atomic mass is 35.5. The van der Waals surface area contributed by atoms with E-state index in [0.717, 1.165) is 5.56 Å². The smallest absolute Gasteiger partial charge is 0.271 e. The van der Waals surface area contributed by atoms with Crippen LogP contribution in [0.15, 0.2) is 18.2 Å². The van der Waals surface area contributed by atoms with E-state index >= 15 is 0 Å². The number of amides is 1. The molecule has 18 heavy (non-hydrogen) atoms. The molecule has 0 aliphatic carbocycles. The van der Waals surface area contributed by atoms with Crippen LogP contribution in [0.3, 0.4) is 0 Å². The van der Waals surface area contributed by atoms with Crippen molar-refractivity contribution in [3.63, 3.8) is 0 Å². The molecule has 0 bridgehead atoms. The predicted octanol–water partition coefficient (Wildman–Crippen LogP) is 2.00. The van der Waals surface area contributed by atoms with Gasteiger partial charge in [-0.1, -0.05) is 6.07 Å². The largest absolute Gasteiger partial charge is 0.330 e. The molecule has 1 aromatic carbocycles. The van der Waals surface area contributed by atoms with E-state index in [9.17, 15) is 14.9 Å². The zero-order valence-corrected chi connectivity index (χ0v) is 10.8. The lowest BCUT2D eigenvalue weighted by Crippen LogP contribution is -2.14. The fraction of sp³-hybridized carbons (Fsp3) is 0.364. The fourth-order valence-corrected chi connectivity index (χ4v) is 1.33. The third-order valence-electron chi connectivity index (χ3n) is 2.31. The summed E-state index contributed by atoms with van der Waals surface area (Å²) in [6, 6.07) is 4.37. The Balaban J connectivity index is 0.00000289. The number of nitrogens with one attached hydrogen (secondary N) is 1. The standard InChI is InChI=1S/C11H15N3O3.ClH/c1-8-4-5-9(14(16)17)7-10(8)13-11(15)3-2-6-12;/h4-5,7H,2-3,6,12H2,1H3,(H,13,15);1H. The van der Waals surface area contributed by atoms with Gasteiger partial charge < -0.3 is 11.1 Å². The van der Waals surface area contributed by atoms with Crippen LogP contribution in [-0.4, -0.2) is 17.4 Å². The van der Waals surface area contributed by atoms with Crippen molar-refractivity contribution in [1.29, 1.82) is 0 Å². The maximum Gasteiger partial charge on any atom is 0.271 e. The summed E-state index contributed by atoms with van der Waals surface area (Å²) in [5.41, 5.74) is 6.52. The summed E-state index contributed by atoms with van der Waals surface area (Å²) < 4.78 is 0. The minimum atomic E-state index is -0.491. The number of anilines is 1. The molecule has 100 valence electrons. The average molecular weight is 274 g/mol. The summed E-state index contributed by atoms with van der Waals surface area (Å²) in [5, 5.41) is 13.2. The Morgan fingerprint density at radius 2 is 2.17 bits per heavy atom. The Labute approximate surface area is 111 Å². The maximum absolute atomic E-state index is 11.5. The van der Waals surface area contributed by atoms with E-state index in [4.69, 9.17) is 5.73 Å². The van der Waals surface area contributed by atoms with Crippen LogP contribution < -0.4 is 11.1 Å². The van der Waals surface area contributed by atoms with Crippen molar-refractivity contribution in [2.24, 2.45) is 5.73 Å². The zero-order chi connectivity index (χ0) is 12.8. The summed E-state index contributed by atoms with van der Waals surface area (Å²) in [4.78, 5) is 21.6. The normalized spacial score (nSPS) is 9.44. The summed E-state index contributed by atoms with van der Waals surface area (Å²) in [6.07, 6.45) is 0.915. The van der Waals surface area contributed by atoms with Gasteiger partial charge in [-0.2, -0.15) is 0 Å². The lowest BCUT2D eigenvalue weighted by atomic mass is 10.1. The van der Waals surface area contributed by atoms with Crippen LogP contribution in [0.4, 0.5) is 11.4 Å². The van der Waals surface area contributed by atoms with Crippen LogP contribution in [0.2, 0.25) is 0 Å². The van der Waals surface area contributed by atoms with Gasteiger partial charge in [0.05, 0.1) is 10.6 Å². The van der Waals surface area contributed by atoms with E-state index < -0.39 is 4.92 Å². The van der Waals surface area contributed by atoms with Crippen molar-refractivity contribution >= 4 is 29.7 Å². The molecule has 6 nitrogen and oxygen atoms in total. The SMILES string of the molecule is Cc1ccc([N+](=O)[O-])cc1NC(=O)CCCN.Cl. The van der Waals surface area contributed by atoms with Gasteiger partial charge in [0, 0.05) is 18.6 Å². The lowest BCUT2D eigenvalue weighted by molar-refractivity contribution is -0.384. The van der Waals surface area contributed by atoms with E-state index in [1.165, 1.54) is 12.1 Å². The molecule has 0 radical (unpaired) electrons. The van der Waals surface area contributed by atoms with Gasteiger partial charge in [-0.15, -0.1) is 12.4 Å². The number of hydrogen-bond acceptors (Lipinski definition) is 4. The highest BCUT2D eigenvalue weighted by molar-refractivity contribution is 5.91. The molecule has 0 atom stereocenters. The first kappa shape index (κ1) is 16.3. The molecule has 0 fully saturated rings. The maximum atomic E-state index is 11.5. The minimum absolute atomic E-state index is 0. The number of rotatable bonds is 5. The van der Waals surface area contributed by atoms with Gasteiger partial charge in [0.15, 0.2) is 0 Å². The number of carbonyl (C=O) groups excluding carboxylic acids is 1. The quantitative estimate of drug-likeness (QED) is 0.633. The van der Waals surface area contributed by atoms with Crippen molar-refractivity contribution in [2.75, 3.05) is 11.9 Å². The van der Waals surface area contributed by atoms with E-state index in [1.54, 1.807) is 13.0 Å². The van der Waals surface area contributed by atoms with E-state index in [1.807, 2.05) is 0 Å². The second-order valence-electron chi connectivity index (χ2n) is 3.70. The number of non-ortho nitro benzene ring substituents is 1. The molecule has 0 unspecified atom stereocenters. The molecule has 0 aliphatic heterocycles. The third-order valence-corrected chi connectivity index (χ3v) is 2.31. The number of hydrogen-bond donors (Lipinski definition) is 2. The van der Waals surface area contributed by atoms with Crippen LogP contribution in [-0.2, 0) is 4.79 Å². The van der Waals surface area contributed by atoms with E-state index in [-0.39, 0.29) is 24.0 Å². The Morgan fingerprint density at radius 1 is 1.50 bits per heavy atom. The average Bonchev–Trinajstić information content (AvgIpc) is 2.29. The number of nitro benzene ring substituents is 1. The van der Waals surface area contributed by atoms with Crippen molar-refractivity contribution in [3.8, 4) is 0 Å². The van der Waals surface area contributed by atoms with Crippen molar-refractivity contribution in [3.05, 3.63) is 33.9 Å². The van der Waals surface area contributed by atoms with Crippen LogP contribution >= 0.6 is 12.4 Å². The Bertz CT molecular complexity index is 438. The number of benzene rings is 1. The number of nitrogens with zero attached hydrogens (tertiary/aromatic N) is 1. The summed E-state index contributed by atoms with van der Waals surface area (Å²) in [5.74, 6) is -0.181. The van der Waals surface area contributed by atoms with Gasteiger partial charge in [-0.3, -0.25) is 14.9 Å². The first-order valence-corrected chi connectivity index (χ1v) is 5.29. The molecular weight excluding hydrogens is 258 g/mol. The van der Waals surface area contributed by atoms with Crippen molar-refractivity contribution in [1.82, 2.24) is 0 Å². The second kappa shape index (κ2) is 7.62. The van der Waals surface area contributed by atoms with Crippen molar-refractivity contribution in [2.45, 2.75) is 19.8 Å². The van der Waals surface area contributed by atoms with Gasteiger partial charge in [0.1, 0.15) is 0 Å². The lowest BCUT2D eigenvalue weighted by Gasteiger charge is -2.07. The highest BCUT2D eigenvalue weighted by Crippen LogP contribution is 2.21. The number of nitrogens with two attached hydrogens (primary N) is 1. The Morgan fingerprint density at radius 3 is 2.72 bits per heavy atom. The van der Waals surface area contributed by atoms with Gasteiger partial charge >= 0.3 is 0 Å². The number of aryl methyl sites for hydroxylation is 1. The zero-order valence-electron chi connectivity index (χ0n) is 10.0. The topological polar surface area (TPSA) is 98.3 Å². The predicted molar refractivity (Wildman–Crippen MR) is 72.0 cm³/mol. The summed E-state index contributed by atoms with van der Waals surface area (Å²) in [7, 11) is 0. The van der Waals surface area contributed by atoms with E-state index in [0.29, 0.717) is 25.1 Å². The summed E-state index contributed by atoms with van der Waals surface area (Å²) >= 11 is 0. The first-order chi connectivity index (χ1) is 8.04. The molecule has 0 heterocycles. The Kier molecular flexibility index (Phi) is 6.92. The van der Waals surface area contributed by atoms with Gasteiger partial charge in [-0.05, 0) is 25.5 Å². The monoisotopic (exact) mass is 273 g/mol. The highest BCUT2D eigenvalue weighted by Gasteiger charge is 2.10. The molecule has 0 aromatic heterocycles. The molecule has 0 saturated carbocycles. The Hall–Kier alpha value is -1.66. The van der Waals surface area contributed by atoms with Crippen LogP contribution in [0.5, 0.6) is 0 Å². The van der Waals surface area contributed by atoms with Crippen LogP contribution in [0.1, 0.15) is 18.4 Å². The minimum Gasteiger partial charge on any atom is -0.330 e. The van der Waals surface area contributed by atoms with Gasteiger partial charge in [0.25, 0.3) is 5.69 Å². The molecule has 1 aromatic rings. The summed E-state index contributed by atoms with van der Waals surface area (Å²) in [6.45, 7) is 2.23. The van der Waals surface area contributed by atoms with E-state index in [2.05, 4.69) is 5.32 Å². The number of nitro groups is 1. The molecule has 1 rings (SSSR count). The first-order valence-electron chi connectivity index (χ1n) is 5.29. The number of halogens is 1. The molecule has 7 heteroatoms. The molecule has 3 N–H and O–H groups in total. The van der Waals surface area contributed by atoms with Gasteiger partial charge in [0.2, 0.25) is 5.91 Å². The molecule has 1 amide bonds. The molecule has 0 spiro atoms. The fourth-order valence-electron chi connectivity index (χ4n) is 1.33.